The third-order valence-corrected chi connectivity index (χ3v) is 12.5. The van der Waals surface area contributed by atoms with E-state index >= 15 is 0 Å². The molecular weight excluding hydrogens is 973 g/mol. The number of benzene rings is 3. The molecule has 0 saturated carbocycles. The quantitative estimate of drug-likeness (QED) is 0.0569. The van der Waals surface area contributed by atoms with Gasteiger partial charge in [0.15, 0.2) is 11.5 Å². The SMILES string of the molecule is Cc1nc(-c2ccc(C(C)(C)C)cc2O)cc(CN)c1C(=O)NC(CNS(N)(=O)=O)C(=O)N(C)[C@@H]1C(=O)N[C@@H](C)C(=O)N[C@H](C(=O)O)Cc2ccc(OCC(O)CN)c(c2)-c2cc1cc(OCC(O)CN)c2O. The Kier molecular flexibility index (Phi) is 18.5. The van der Waals surface area contributed by atoms with Gasteiger partial charge < -0.3 is 73.1 Å². The minimum Gasteiger partial charge on any atom is -0.507 e. The Hall–Kier alpha value is -6.97. The van der Waals surface area contributed by atoms with Gasteiger partial charge in [0.25, 0.3) is 16.1 Å². The Balaban J connectivity index is 1.69. The number of aliphatic hydroxyl groups is 2. The molecule has 0 saturated heterocycles. The van der Waals surface area contributed by atoms with E-state index < -0.39 is 95.1 Å². The molecule has 4 amide bonds. The van der Waals surface area contributed by atoms with Crippen LogP contribution < -0.4 is 52.5 Å². The highest BCUT2D eigenvalue weighted by Gasteiger charge is 2.38. The van der Waals surface area contributed by atoms with Gasteiger partial charge in [-0.15, -0.1) is 0 Å². The average molecular weight is 1040 g/mol. The molecule has 0 spiro atoms. The van der Waals surface area contributed by atoms with Gasteiger partial charge >= 0.3 is 5.97 Å². The molecule has 3 unspecified atom stereocenters. The van der Waals surface area contributed by atoms with E-state index in [-0.39, 0.29) is 94.5 Å². The summed E-state index contributed by atoms with van der Waals surface area (Å²) in [5, 5.41) is 66.5. The number of carbonyl (C=O) groups excluding carboxylic acids is 4. The Morgan fingerprint density at radius 3 is 2.11 bits per heavy atom. The fourth-order valence-corrected chi connectivity index (χ4v) is 8.26. The zero-order valence-electron chi connectivity index (χ0n) is 41.1. The van der Waals surface area contributed by atoms with E-state index in [1.807, 2.05) is 31.6 Å². The summed E-state index contributed by atoms with van der Waals surface area (Å²) in [6, 6.07) is 6.56. The number of carbonyl (C=O) groups is 5. The highest BCUT2D eigenvalue weighted by Crippen LogP contribution is 2.45. The highest BCUT2D eigenvalue weighted by molar-refractivity contribution is 7.87. The topological polar surface area (TPSA) is 407 Å². The maximum atomic E-state index is 15.0. The van der Waals surface area contributed by atoms with E-state index in [9.17, 15) is 57.9 Å². The number of hydrogen-bond acceptors (Lipinski definition) is 17. The minimum absolute atomic E-state index is 0.000421. The standard InChI is InChI=1S/C48H64N10O14S/c1-23-40(27(17-49)14-34(54-23)31-9-8-28(16-37(31)61)48(3,4)5)44(64)57-36(20-53-73(52,69)70)46(66)58(6)41-26-13-33(42(62)39(15-26)72-22-30(60)19-51)32-11-25(7-10-38(32)71-21-29(59)18-50)12-35(47(67)68)56-43(63)24(2)55-45(41)65/h7-11,13-16,24,29-30,35-36,41,53,59-62H,12,17-22,49-51H2,1-6H3,(H,55,65)(H,56,63)(H,57,64)(H,67,68)(H2,52,69,70)/t24-,29?,30?,35-,36?,41-/m0/s1. The lowest BCUT2D eigenvalue weighted by atomic mass is 9.86. The number of aromatic hydroxyl groups is 2. The predicted molar refractivity (Wildman–Crippen MR) is 266 cm³/mol. The second-order valence-electron chi connectivity index (χ2n) is 18.6. The monoisotopic (exact) mass is 1040 g/mol. The number of nitrogens with two attached hydrogens (primary N) is 4. The Labute approximate surface area is 421 Å². The van der Waals surface area contributed by atoms with Crippen molar-refractivity contribution in [2.45, 2.75) is 89.4 Å². The average Bonchev–Trinajstić information content (AvgIpc) is 3.32. The molecule has 4 aromatic rings. The lowest BCUT2D eigenvalue weighted by molar-refractivity contribution is -0.143. The summed E-state index contributed by atoms with van der Waals surface area (Å²) in [5.41, 5.74) is 18.8. The second-order valence-corrected chi connectivity index (χ2v) is 19.9. The van der Waals surface area contributed by atoms with Gasteiger partial charge in [0, 0.05) is 56.3 Å². The summed E-state index contributed by atoms with van der Waals surface area (Å²) in [4.78, 5) is 75.6. The number of ether oxygens (including phenoxy) is 2. The molecule has 5 rings (SSSR count). The molecule has 24 nitrogen and oxygen atoms in total. The largest absolute Gasteiger partial charge is 0.507 e. The third-order valence-electron chi connectivity index (χ3n) is 11.9. The molecule has 25 heteroatoms. The first-order chi connectivity index (χ1) is 34.2. The summed E-state index contributed by atoms with van der Waals surface area (Å²) in [6.07, 6.45) is -2.74. The minimum atomic E-state index is -4.56. The van der Waals surface area contributed by atoms with Crippen LogP contribution in [0.2, 0.25) is 0 Å². The van der Waals surface area contributed by atoms with Crippen LogP contribution in [0, 0.1) is 6.92 Å². The number of aliphatic carboxylic acids is 1. The van der Waals surface area contributed by atoms with Crippen molar-refractivity contribution in [2.24, 2.45) is 22.3 Å². The number of nitrogens with zero attached hydrogens (tertiary/aromatic N) is 2. The van der Waals surface area contributed by atoms with Crippen LogP contribution in [0.25, 0.3) is 22.4 Å². The number of phenolic OH excluding ortho intramolecular Hbond substituents is 2. The molecule has 6 atom stereocenters. The van der Waals surface area contributed by atoms with Crippen LogP contribution in [-0.2, 0) is 47.8 Å². The number of aromatic nitrogens is 1. The molecular formula is C48H64N10O14S. The van der Waals surface area contributed by atoms with Crippen LogP contribution in [0.5, 0.6) is 23.0 Å². The van der Waals surface area contributed by atoms with Crippen LogP contribution in [-0.4, -0.2) is 144 Å². The number of fused-ring (bicyclic) bond motifs is 5. The van der Waals surface area contributed by atoms with E-state index in [1.54, 1.807) is 12.1 Å². The van der Waals surface area contributed by atoms with Crippen molar-refractivity contribution in [3.63, 3.8) is 0 Å². The summed E-state index contributed by atoms with van der Waals surface area (Å²) < 4.78 is 38.4. The van der Waals surface area contributed by atoms with E-state index in [0.717, 1.165) is 23.6 Å². The maximum Gasteiger partial charge on any atom is 0.326 e. The normalized spacial score (nSPS) is 17.5. The molecule has 73 heavy (non-hydrogen) atoms. The van der Waals surface area contributed by atoms with Crippen molar-refractivity contribution < 1.29 is 67.4 Å². The summed E-state index contributed by atoms with van der Waals surface area (Å²) in [5.74, 6) is -6.64. The molecule has 1 aliphatic rings. The molecule has 396 valence electrons. The Bertz CT molecular complexity index is 2840. The number of carboxylic acid groups (broad SMARTS) is 1. The zero-order chi connectivity index (χ0) is 54.3. The molecule has 3 aromatic carbocycles. The van der Waals surface area contributed by atoms with E-state index in [4.69, 9.17) is 31.8 Å². The van der Waals surface area contributed by atoms with Gasteiger partial charge in [-0.3, -0.25) is 24.2 Å². The first kappa shape index (κ1) is 56.9. The molecule has 17 N–H and O–H groups in total. The van der Waals surface area contributed by atoms with Crippen molar-refractivity contribution in [3.05, 3.63) is 88.1 Å². The van der Waals surface area contributed by atoms with Crippen LogP contribution in [0.4, 0.5) is 0 Å². The Morgan fingerprint density at radius 1 is 0.890 bits per heavy atom. The lowest BCUT2D eigenvalue weighted by Gasteiger charge is -2.33. The number of aliphatic hydroxyl groups excluding tert-OH is 2. The number of pyridine rings is 1. The summed E-state index contributed by atoms with van der Waals surface area (Å²) in [6.45, 7) is 6.21. The van der Waals surface area contributed by atoms with Crippen molar-refractivity contribution in [3.8, 4) is 45.4 Å². The summed E-state index contributed by atoms with van der Waals surface area (Å²) in [7, 11) is -3.44. The maximum absolute atomic E-state index is 15.0. The van der Waals surface area contributed by atoms with Gasteiger partial charge in [-0.2, -0.15) is 13.1 Å². The predicted octanol–water partition coefficient (Wildman–Crippen LogP) is -0.990. The number of nitrogens with one attached hydrogen (secondary N) is 4. The number of carboxylic acids is 1. The van der Waals surface area contributed by atoms with Crippen molar-refractivity contribution in [1.29, 1.82) is 0 Å². The molecule has 0 aliphatic carbocycles. The van der Waals surface area contributed by atoms with Gasteiger partial charge in [-0.25, -0.2) is 9.93 Å². The molecule has 4 bridgehead atoms. The molecule has 1 aliphatic heterocycles. The van der Waals surface area contributed by atoms with Crippen LogP contribution in [0.15, 0.2) is 54.6 Å². The number of amides is 4. The van der Waals surface area contributed by atoms with E-state index in [2.05, 4.69) is 20.9 Å². The molecule has 2 heterocycles. The number of rotatable bonds is 18. The van der Waals surface area contributed by atoms with Crippen molar-refractivity contribution in [1.82, 2.24) is 30.6 Å². The van der Waals surface area contributed by atoms with Crippen LogP contribution >= 0.6 is 0 Å². The van der Waals surface area contributed by atoms with Crippen LogP contribution in [0.1, 0.15) is 72.0 Å². The van der Waals surface area contributed by atoms with Gasteiger partial charge in [0.2, 0.25) is 17.7 Å². The Morgan fingerprint density at radius 2 is 1.53 bits per heavy atom. The fraction of sp³-hybridized carbons (Fsp3) is 0.417. The van der Waals surface area contributed by atoms with Crippen molar-refractivity contribution >= 4 is 39.8 Å². The van der Waals surface area contributed by atoms with Gasteiger partial charge in [0.1, 0.15) is 61.1 Å². The number of likely N-dealkylation sites (N-methyl/N-ethyl adjacent to an activating group) is 1. The number of aryl methyl sites for hydroxylation is 1. The first-order valence-corrected chi connectivity index (χ1v) is 24.5. The number of hydrogen-bond donors (Lipinski definition) is 13. The smallest absolute Gasteiger partial charge is 0.326 e. The molecule has 0 fully saturated rings. The second kappa shape index (κ2) is 23.7. The third kappa shape index (κ3) is 14.2. The van der Waals surface area contributed by atoms with Gasteiger partial charge in [0.05, 0.1) is 17.0 Å². The molecule has 0 radical (unpaired) electrons. The van der Waals surface area contributed by atoms with E-state index in [0.29, 0.717) is 11.1 Å². The highest BCUT2D eigenvalue weighted by atomic mass is 32.2. The van der Waals surface area contributed by atoms with Crippen molar-refractivity contribution in [2.75, 3.05) is 39.9 Å². The lowest BCUT2D eigenvalue weighted by Crippen LogP contribution is -2.57. The number of phenols is 2. The van der Waals surface area contributed by atoms with E-state index in [1.165, 1.54) is 44.2 Å². The van der Waals surface area contributed by atoms with Gasteiger partial charge in [-0.1, -0.05) is 32.9 Å². The zero-order valence-corrected chi connectivity index (χ0v) is 41.9. The van der Waals surface area contributed by atoms with Crippen LogP contribution in [0.3, 0.4) is 0 Å². The summed E-state index contributed by atoms with van der Waals surface area (Å²) >= 11 is 0. The van der Waals surface area contributed by atoms with Gasteiger partial charge in [-0.05, 0) is 84.0 Å². The fourth-order valence-electron chi connectivity index (χ4n) is 7.86. The molecule has 1 aromatic heterocycles. The first-order valence-electron chi connectivity index (χ1n) is 22.9.